The van der Waals surface area contributed by atoms with E-state index >= 15 is 0 Å². The molecule has 11 rings (SSSR count). The lowest BCUT2D eigenvalue weighted by Gasteiger charge is -2.25. The van der Waals surface area contributed by atoms with Crippen LogP contribution >= 0.6 is 0 Å². The summed E-state index contributed by atoms with van der Waals surface area (Å²) in [6, 6.07) is 62.4. The van der Waals surface area contributed by atoms with Crippen LogP contribution in [0.2, 0.25) is 0 Å². The fraction of sp³-hybridized carbons (Fsp3) is 0.0566. The van der Waals surface area contributed by atoms with Crippen LogP contribution in [0.15, 0.2) is 188 Å². The third kappa shape index (κ3) is 5.34. The van der Waals surface area contributed by atoms with Crippen LogP contribution in [0.1, 0.15) is 36.2 Å². The SMILES string of the molecule is CC1(C)c2cc(C#Cc3nc4ncccn4c3-c3ccc(N(c4ccccc4)c4ccccc4)cc3)ccc2-c2cc3c(cc21)c1ccccc1n3-c1ccccc1. The second-order valence-electron chi connectivity index (χ2n) is 15.4. The molecule has 0 spiro atoms. The van der Waals surface area contributed by atoms with Gasteiger partial charge in [0.2, 0.25) is 5.78 Å². The molecule has 0 saturated carbocycles. The molecule has 58 heavy (non-hydrogen) atoms. The molecule has 1 aliphatic carbocycles. The van der Waals surface area contributed by atoms with Crippen LogP contribution in [-0.4, -0.2) is 18.9 Å². The Morgan fingerprint density at radius 2 is 1.21 bits per heavy atom. The lowest BCUT2D eigenvalue weighted by Crippen LogP contribution is -2.15. The van der Waals surface area contributed by atoms with Crippen molar-refractivity contribution in [2.45, 2.75) is 19.3 Å². The smallest absolute Gasteiger partial charge is 0.235 e. The quantitative estimate of drug-likeness (QED) is 0.165. The van der Waals surface area contributed by atoms with Gasteiger partial charge in [-0.2, -0.15) is 0 Å². The van der Waals surface area contributed by atoms with Crippen LogP contribution in [0.5, 0.6) is 0 Å². The number of benzene rings is 7. The van der Waals surface area contributed by atoms with Crippen LogP contribution in [0.4, 0.5) is 17.1 Å². The first-order valence-electron chi connectivity index (χ1n) is 19.7. The zero-order valence-electron chi connectivity index (χ0n) is 32.1. The average Bonchev–Trinajstić information content (AvgIpc) is 3.88. The maximum atomic E-state index is 4.94. The van der Waals surface area contributed by atoms with E-state index in [1.807, 2.05) is 28.8 Å². The van der Waals surface area contributed by atoms with Crippen LogP contribution in [0.25, 0.3) is 55.7 Å². The molecule has 274 valence electrons. The summed E-state index contributed by atoms with van der Waals surface area (Å²) in [5.41, 5.74) is 15.4. The van der Waals surface area contributed by atoms with Gasteiger partial charge in [0.1, 0.15) is 5.69 Å². The van der Waals surface area contributed by atoms with Crippen molar-refractivity contribution < 1.29 is 0 Å². The first-order chi connectivity index (χ1) is 28.5. The number of rotatable bonds is 5. The van der Waals surface area contributed by atoms with Crippen LogP contribution in [-0.2, 0) is 5.41 Å². The normalized spacial score (nSPS) is 12.7. The second-order valence-corrected chi connectivity index (χ2v) is 15.4. The highest BCUT2D eigenvalue weighted by Crippen LogP contribution is 2.51. The molecule has 0 radical (unpaired) electrons. The summed E-state index contributed by atoms with van der Waals surface area (Å²) in [7, 11) is 0. The molecule has 3 heterocycles. The first kappa shape index (κ1) is 33.6. The monoisotopic (exact) mass is 743 g/mol. The lowest BCUT2D eigenvalue weighted by molar-refractivity contribution is 0.661. The number of para-hydroxylation sites is 4. The van der Waals surface area contributed by atoms with Crippen molar-refractivity contribution in [1.29, 1.82) is 0 Å². The highest BCUT2D eigenvalue weighted by Gasteiger charge is 2.36. The summed E-state index contributed by atoms with van der Waals surface area (Å²) in [5.74, 6) is 7.61. The third-order valence-corrected chi connectivity index (χ3v) is 11.6. The van der Waals surface area contributed by atoms with E-state index in [0.717, 1.165) is 39.6 Å². The molecule has 7 aromatic carbocycles. The summed E-state index contributed by atoms with van der Waals surface area (Å²) in [4.78, 5) is 11.8. The number of imidazole rings is 1. The van der Waals surface area contributed by atoms with Gasteiger partial charge < -0.3 is 9.47 Å². The largest absolute Gasteiger partial charge is 0.311 e. The first-order valence-corrected chi connectivity index (χ1v) is 19.7. The van der Waals surface area contributed by atoms with Gasteiger partial charge in [-0.25, -0.2) is 9.97 Å². The summed E-state index contributed by atoms with van der Waals surface area (Å²) < 4.78 is 4.43. The summed E-state index contributed by atoms with van der Waals surface area (Å²) in [5, 5.41) is 2.53. The van der Waals surface area contributed by atoms with Crippen molar-refractivity contribution in [2.24, 2.45) is 0 Å². The Balaban J connectivity index is 0.985. The Morgan fingerprint density at radius 1 is 0.552 bits per heavy atom. The zero-order valence-corrected chi connectivity index (χ0v) is 32.1. The maximum absolute atomic E-state index is 4.94. The van der Waals surface area contributed by atoms with E-state index in [1.54, 1.807) is 6.20 Å². The van der Waals surface area contributed by atoms with Gasteiger partial charge in [-0.15, -0.1) is 0 Å². The van der Waals surface area contributed by atoms with Crippen molar-refractivity contribution >= 4 is 44.6 Å². The standard InChI is InChI=1S/C53H37N5/c1-53(2)46-33-36(23-29-42(46)44-35-50-45(34-47(44)53)43-21-12-13-22-49(43)58(50)40-19-10-5-11-20-40)24-30-48-51(56-32-14-31-54-52(56)55-48)37-25-27-41(28-26-37)57(38-15-6-3-7-16-38)39-17-8-4-9-18-39/h3-23,25-29,31-35H,1-2H3. The van der Waals surface area contributed by atoms with E-state index in [4.69, 9.17) is 4.98 Å². The molecule has 0 saturated heterocycles. The molecular formula is C53H37N5. The Kier molecular flexibility index (Phi) is 7.67. The number of fused-ring (bicyclic) bond motifs is 7. The Bertz CT molecular complexity index is 3200. The van der Waals surface area contributed by atoms with E-state index in [1.165, 1.54) is 44.1 Å². The van der Waals surface area contributed by atoms with Crippen molar-refractivity contribution in [3.8, 4) is 39.9 Å². The summed E-state index contributed by atoms with van der Waals surface area (Å²) in [6.45, 7) is 4.67. The van der Waals surface area contributed by atoms with E-state index in [0.29, 0.717) is 11.5 Å². The minimum absolute atomic E-state index is 0.209. The predicted octanol–water partition coefficient (Wildman–Crippen LogP) is 12.7. The number of aromatic nitrogens is 4. The molecule has 0 aliphatic heterocycles. The van der Waals surface area contributed by atoms with Gasteiger partial charge in [-0.1, -0.05) is 111 Å². The summed E-state index contributed by atoms with van der Waals surface area (Å²) >= 11 is 0. The maximum Gasteiger partial charge on any atom is 0.235 e. The molecule has 10 aromatic rings. The molecule has 0 fully saturated rings. The number of hydrogen-bond donors (Lipinski definition) is 0. The summed E-state index contributed by atoms with van der Waals surface area (Å²) in [6.07, 6.45) is 3.78. The molecule has 0 unspecified atom stereocenters. The van der Waals surface area contributed by atoms with Gasteiger partial charge in [0, 0.05) is 62.5 Å². The van der Waals surface area contributed by atoms with Gasteiger partial charge in [-0.05, 0) is 113 Å². The van der Waals surface area contributed by atoms with Crippen molar-refractivity contribution in [1.82, 2.24) is 18.9 Å². The van der Waals surface area contributed by atoms with Gasteiger partial charge in [0.15, 0.2) is 0 Å². The second kappa shape index (κ2) is 13.2. The number of hydrogen-bond acceptors (Lipinski definition) is 3. The van der Waals surface area contributed by atoms with Crippen LogP contribution in [0, 0.1) is 11.8 Å². The minimum Gasteiger partial charge on any atom is -0.311 e. The topological polar surface area (TPSA) is 38.4 Å². The molecule has 3 aromatic heterocycles. The zero-order chi connectivity index (χ0) is 38.8. The highest BCUT2D eigenvalue weighted by molar-refractivity contribution is 6.11. The molecule has 0 N–H and O–H groups in total. The Morgan fingerprint density at radius 3 is 1.95 bits per heavy atom. The van der Waals surface area contributed by atoms with E-state index in [-0.39, 0.29) is 5.41 Å². The van der Waals surface area contributed by atoms with E-state index in [2.05, 4.69) is 198 Å². The van der Waals surface area contributed by atoms with Gasteiger partial charge in [0.05, 0.1) is 16.7 Å². The van der Waals surface area contributed by atoms with E-state index < -0.39 is 0 Å². The van der Waals surface area contributed by atoms with Crippen LogP contribution in [0.3, 0.4) is 0 Å². The Labute approximate surface area is 337 Å². The average molecular weight is 744 g/mol. The molecular weight excluding hydrogens is 707 g/mol. The number of nitrogens with zero attached hydrogens (tertiary/aromatic N) is 5. The van der Waals surface area contributed by atoms with Gasteiger partial charge >= 0.3 is 0 Å². The van der Waals surface area contributed by atoms with Crippen LogP contribution < -0.4 is 4.90 Å². The molecule has 5 heteroatoms. The lowest BCUT2D eigenvalue weighted by atomic mass is 9.81. The fourth-order valence-corrected chi connectivity index (χ4v) is 8.88. The molecule has 0 amide bonds. The highest BCUT2D eigenvalue weighted by atomic mass is 15.1. The molecule has 5 nitrogen and oxygen atoms in total. The minimum atomic E-state index is -0.209. The van der Waals surface area contributed by atoms with Gasteiger partial charge in [0.25, 0.3) is 0 Å². The van der Waals surface area contributed by atoms with Crippen molar-refractivity contribution in [3.63, 3.8) is 0 Å². The predicted molar refractivity (Wildman–Crippen MR) is 237 cm³/mol. The third-order valence-electron chi connectivity index (χ3n) is 11.6. The molecule has 0 atom stereocenters. The fourth-order valence-electron chi connectivity index (χ4n) is 8.88. The molecule has 0 bridgehead atoms. The Hall–Kier alpha value is -7.68. The molecule has 1 aliphatic rings. The number of anilines is 3. The van der Waals surface area contributed by atoms with Crippen molar-refractivity contribution in [3.05, 3.63) is 211 Å². The van der Waals surface area contributed by atoms with Crippen molar-refractivity contribution in [2.75, 3.05) is 4.90 Å². The van der Waals surface area contributed by atoms with Gasteiger partial charge in [-0.3, -0.25) is 4.40 Å². The van der Waals surface area contributed by atoms with E-state index in [9.17, 15) is 0 Å².